The number of hydrogen-bond donors (Lipinski definition) is 2. The summed E-state index contributed by atoms with van der Waals surface area (Å²) in [6, 6.07) is 9.80. The largest absolute Gasteiger partial charge is 0.366 e. The second kappa shape index (κ2) is 8.27. The van der Waals surface area contributed by atoms with E-state index in [1.165, 1.54) is 12.1 Å². The molecule has 5 heteroatoms. The first-order valence-corrected chi connectivity index (χ1v) is 7.77. The standard InChI is InChI=1S/C18H22FN3O/c1-13(2)9-10-20-18(23)15-5-8-17(22-12-15)21-11-14-3-6-16(19)7-4-14/h3-8,12-13H,9-11H2,1-2H3,(H,20,23)(H,21,22). The lowest BCUT2D eigenvalue weighted by Crippen LogP contribution is -2.25. The summed E-state index contributed by atoms with van der Waals surface area (Å²) in [7, 11) is 0. The molecule has 0 bridgehead atoms. The van der Waals surface area contributed by atoms with Gasteiger partial charge in [-0.25, -0.2) is 9.37 Å². The van der Waals surface area contributed by atoms with Crippen LogP contribution in [0, 0.1) is 11.7 Å². The number of amides is 1. The van der Waals surface area contributed by atoms with Crippen LogP contribution in [0.4, 0.5) is 10.2 Å². The van der Waals surface area contributed by atoms with E-state index in [0.717, 1.165) is 12.0 Å². The van der Waals surface area contributed by atoms with Crippen LogP contribution in [0.3, 0.4) is 0 Å². The molecule has 0 saturated heterocycles. The summed E-state index contributed by atoms with van der Waals surface area (Å²) in [6.45, 7) is 5.46. The first kappa shape index (κ1) is 16.9. The van der Waals surface area contributed by atoms with E-state index >= 15 is 0 Å². The fraction of sp³-hybridized carbons (Fsp3) is 0.333. The zero-order chi connectivity index (χ0) is 16.7. The number of nitrogens with zero attached hydrogens (tertiary/aromatic N) is 1. The summed E-state index contributed by atoms with van der Waals surface area (Å²) in [5.41, 5.74) is 1.50. The molecule has 0 aliphatic heterocycles. The maximum Gasteiger partial charge on any atom is 0.252 e. The van der Waals surface area contributed by atoms with Crippen molar-refractivity contribution in [2.45, 2.75) is 26.8 Å². The highest BCUT2D eigenvalue weighted by molar-refractivity contribution is 5.94. The molecular formula is C18H22FN3O. The molecule has 1 amide bonds. The summed E-state index contributed by atoms with van der Waals surface area (Å²) in [5, 5.41) is 6.02. The number of anilines is 1. The monoisotopic (exact) mass is 315 g/mol. The molecule has 2 rings (SSSR count). The van der Waals surface area contributed by atoms with Gasteiger partial charge in [-0.05, 0) is 42.2 Å². The first-order chi connectivity index (χ1) is 11.0. The fourth-order valence-electron chi connectivity index (χ4n) is 2.00. The summed E-state index contributed by atoms with van der Waals surface area (Å²) >= 11 is 0. The van der Waals surface area contributed by atoms with E-state index in [1.54, 1.807) is 30.5 Å². The van der Waals surface area contributed by atoms with Crippen molar-refractivity contribution in [1.82, 2.24) is 10.3 Å². The molecule has 23 heavy (non-hydrogen) atoms. The van der Waals surface area contributed by atoms with Gasteiger partial charge < -0.3 is 10.6 Å². The maximum atomic E-state index is 12.8. The van der Waals surface area contributed by atoms with Gasteiger partial charge in [0.15, 0.2) is 0 Å². The van der Waals surface area contributed by atoms with E-state index in [0.29, 0.717) is 30.4 Å². The third kappa shape index (κ3) is 5.70. The number of benzene rings is 1. The van der Waals surface area contributed by atoms with Crippen molar-refractivity contribution in [3.8, 4) is 0 Å². The predicted molar refractivity (Wildman–Crippen MR) is 89.8 cm³/mol. The molecule has 0 fully saturated rings. The van der Waals surface area contributed by atoms with Crippen LogP contribution in [-0.4, -0.2) is 17.4 Å². The van der Waals surface area contributed by atoms with Crippen molar-refractivity contribution in [3.05, 3.63) is 59.5 Å². The van der Waals surface area contributed by atoms with E-state index in [1.807, 2.05) is 0 Å². The number of carbonyl (C=O) groups is 1. The highest BCUT2D eigenvalue weighted by Gasteiger charge is 2.06. The van der Waals surface area contributed by atoms with Crippen LogP contribution in [0.5, 0.6) is 0 Å². The number of pyridine rings is 1. The van der Waals surface area contributed by atoms with Crippen molar-refractivity contribution in [1.29, 1.82) is 0 Å². The van der Waals surface area contributed by atoms with Gasteiger partial charge >= 0.3 is 0 Å². The van der Waals surface area contributed by atoms with Crippen molar-refractivity contribution in [2.24, 2.45) is 5.92 Å². The molecule has 2 N–H and O–H groups in total. The van der Waals surface area contributed by atoms with Crippen LogP contribution in [-0.2, 0) is 6.54 Å². The average molecular weight is 315 g/mol. The molecule has 0 aliphatic rings. The summed E-state index contributed by atoms with van der Waals surface area (Å²) in [6.07, 6.45) is 2.51. The van der Waals surface area contributed by atoms with Gasteiger partial charge in [-0.15, -0.1) is 0 Å². The van der Waals surface area contributed by atoms with Crippen molar-refractivity contribution in [2.75, 3.05) is 11.9 Å². The minimum absolute atomic E-state index is 0.108. The van der Waals surface area contributed by atoms with E-state index in [-0.39, 0.29) is 11.7 Å². The number of halogens is 1. The highest BCUT2D eigenvalue weighted by Crippen LogP contribution is 2.09. The molecule has 0 aliphatic carbocycles. The maximum absolute atomic E-state index is 12.8. The Hall–Kier alpha value is -2.43. The van der Waals surface area contributed by atoms with Gasteiger partial charge in [0.05, 0.1) is 5.56 Å². The highest BCUT2D eigenvalue weighted by atomic mass is 19.1. The van der Waals surface area contributed by atoms with Gasteiger partial charge in [0, 0.05) is 19.3 Å². The van der Waals surface area contributed by atoms with Crippen LogP contribution in [0.1, 0.15) is 36.2 Å². The summed E-state index contributed by atoms with van der Waals surface area (Å²) in [4.78, 5) is 16.2. The second-order valence-electron chi connectivity index (χ2n) is 5.85. The quantitative estimate of drug-likeness (QED) is 0.820. The zero-order valence-electron chi connectivity index (χ0n) is 13.5. The molecule has 0 saturated carbocycles. The fourth-order valence-corrected chi connectivity index (χ4v) is 2.00. The molecule has 1 heterocycles. The first-order valence-electron chi connectivity index (χ1n) is 7.77. The Morgan fingerprint density at radius 2 is 1.91 bits per heavy atom. The number of hydrogen-bond acceptors (Lipinski definition) is 3. The minimum atomic E-state index is -0.250. The molecule has 4 nitrogen and oxygen atoms in total. The van der Waals surface area contributed by atoms with Gasteiger partial charge in [0.2, 0.25) is 0 Å². The average Bonchev–Trinajstić information content (AvgIpc) is 2.54. The van der Waals surface area contributed by atoms with E-state index in [2.05, 4.69) is 29.5 Å². The molecule has 2 aromatic rings. The number of aromatic nitrogens is 1. The summed E-state index contributed by atoms with van der Waals surface area (Å²) < 4.78 is 12.8. The van der Waals surface area contributed by atoms with E-state index in [4.69, 9.17) is 0 Å². The van der Waals surface area contributed by atoms with Crippen molar-refractivity contribution >= 4 is 11.7 Å². The van der Waals surface area contributed by atoms with Crippen LogP contribution in [0.25, 0.3) is 0 Å². The molecule has 0 radical (unpaired) electrons. The van der Waals surface area contributed by atoms with Crippen molar-refractivity contribution < 1.29 is 9.18 Å². The SMILES string of the molecule is CC(C)CCNC(=O)c1ccc(NCc2ccc(F)cc2)nc1. The third-order valence-electron chi connectivity index (χ3n) is 3.42. The minimum Gasteiger partial charge on any atom is -0.366 e. The van der Waals surface area contributed by atoms with Crippen LogP contribution in [0.2, 0.25) is 0 Å². The third-order valence-corrected chi connectivity index (χ3v) is 3.42. The lowest BCUT2D eigenvalue weighted by Gasteiger charge is -2.08. The zero-order valence-corrected chi connectivity index (χ0v) is 13.5. The Bertz CT molecular complexity index is 624. The van der Waals surface area contributed by atoms with Crippen LogP contribution < -0.4 is 10.6 Å². The van der Waals surface area contributed by atoms with Gasteiger partial charge in [-0.1, -0.05) is 26.0 Å². The molecule has 122 valence electrons. The Morgan fingerprint density at radius 3 is 2.52 bits per heavy atom. The lowest BCUT2D eigenvalue weighted by molar-refractivity contribution is 0.0951. The van der Waals surface area contributed by atoms with Gasteiger partial charge in [-0.2, -0.15) is 0 Å². The Balaban J connectivity index is 1.84. The van der Waals surface area contributed by atoms with Gasteiger partial charge in [0.25, 0.3) is 5.91 Å². The smallest absolute Gasteiger partial charge is 0.252 e. The number of nitrogens with one attached hydrogen (secondary N) is 2. The molecule has 1 aromatic heterocycles. The van der Waals surface area contributed by atoms with Crippen LogP contribution >= 0.6 is 0 Å². The van der Waals surface area contributed by atoms with E-state index in [9.17, 15) is 9.18 Å². The van der Waals surface area contributed by atoms with Crippen LogP contribution in [0.15, 0.2) is 42.6 Å². The van der Waals surface area contributed by atoms with Gasteiger partial charge in [0.1, 0.15) is 11.6 Å². The predicted octanol–water partition coefficient (Wildman–Crippen LogP) is 3.61. The van der Waals surface area contributed by atoms with Gasteiger partial charge in [-0.3, -0.25) is 4.79 Å². The van der Waals surface area contributed by atoms with Crippen molar-refractivity contribution in [3.63, 3.8) is 0 Å². The molecule has 0 spiro atoms. The topological polar surface area (TPSA) is 54.0 Å². The lowest BCUT2D eigenvalue weighted by atomic mass is 10.1. The molecule has 0 atom stereocenters. The summed E-state index contributed by atoms with van der Waals surface area (Å²) in [5.74, 6) is 0.877. The number of carbonyl (C=O) groups excluding carboxylic acids is 1. The molecule has 1 aromatic carbocycles. The molecular weight excluding hydrogens is 293 g/mol. The Labute approximate surface area is 136 Å². The second-order valence-corrected chi connectivity index (χ2v) is 5.85. The normalized spacial score (nSPS) is 10.6. The Kier molecular flexibility index (Phi) is 6.09. The molecule has 0 unspecified atom stereocenters. The van der Waals surface area contributed by atoms with E-state index < -0.39 is 0 Å². The Morgan fingerprint density at radius 1 is 1.17 bits per heavy atom. The number of rotatable bonds is 7.